The zero-order valence-electron chi connectivity index (χ0n) is 14.3. The molecule has 0 aromatic heterocycles. The van der Waals surface area contributed by atoms with Crippen LogP contribution in [0.25, 0.3) is 0 Å². The largest absolute Gasteiger partial charge is 0.333 e. The SMILES string of the molecule is C[C@H]1C[C@@H](C(=O)N(C)C2CCN(c3ccccc3)C2=O)CCN1.Cl. The number of likely N-dealkylation sites (N-methyl/N-ethyl adjacent to an activating group) is 1. The molecule has 0 spiro atoms. The van der Waals surface area contributed by atoms with E-state index in [4.69, 9.17) is 0 Å². The minimum Gasteiger partial charge on any atom is -0.333 e. The highest BCUT2D eigenvalue weighted by Crippen LogP contribution is 2.26. The van der Waals surface area contributed by atoms with Gasteiger partial charge >= 0.3 is 0 Å². The van der Waals surface area contributed by atoms with Crippen molar-refractivity contribution in [3.63, 3.8) is 0 Å². The van der Waals surface area contributed by atoms with Crippen LogP contribution in [-0.4, -0.2) is 48.9 Å². The zero-order chi connectivity index (χ0) is 16.4. The Hall–Kier alpha value is -1.59. The lowest BCUT2D eigenvalue weighted by atomic mass is 9.91. The zero-order valence-corrected chi connectivity index (χ0v) is 15.1. The Morgan fingerprint density at radius 3 is 2.62 bits per heavy atom. The van der Waals surface area contributed by atoms with Crippen LogP contribution in [0.1, 0.15) is 26.2 Å². The average Bonchev–Trinajstić information content (AvgIpc) is 2.96. The second kappa shape index (κ2) is 7.99. The van der Waals surface area contributed by atoms with Gasteiger partial charge in [0.1, 0.15) is 6.04 Å². The van der Waals surface area contributed by atoms with Gasteiger partial charge in [0.25, 0.3) is 0 Å². The van der Waals surface area contributed by atoms with E-state index in [1.165, 1.54) is 0 Å². The van der Waals surface area contributed by atoms with E-state index < -0.39 is 0 Å². The Bertz CT molecular complexity index is 581. The number of piperidine rings is 1. The molecular weight excluding hydrogens is 326 g/mol. The summed E-state index contributed by atoms with van der Waals surface area (Å²) < 4.78 is 0. The van der Waals surface area contributed by atoms with E-state index in [-0.39, 0.29) is 36.2 Å². The van der Waals surface area contributed by atoms with Crippen molar-refractivity contribution in [3.05, 3.63) is 30.3 Å². The number of benzene rings is 1. The molecule has 2 fully saturated rings. The number of carbonyl (C=O) groups excluding carboxylic acids is 2. The first kappa shape index (κ1) is 18.7. The predicted octanol–water partition coefficient (Wildman–Crippen LogP) is 2.06. The van der Waals surface area contributed by atoms with E-state index in [0.717, 1.165) is 25.1 Å². The molecule has 1 unspecified atom stereocenters. The molecule has 2 aliphatic rings. The summed E-state index contributed by atoms with van der Waals surface area (Å²) in [6.07, 6.45) is 2.42. The molecular formula is C18H26ClN3O2. The van der Waals surface area contributed by atoms with Gasteiger partial charge in [0.2, 0.25) is 11.8 Å². The molecule has 2 aliphatic heterocycles. The van der Waals surface area contributed by atoms with Gasteiger partial charge in [0, 0.05) is 31.2 Å². The first-order valence-corrected chi connectivity index (χ1v) is 8.44. The Morgan fingerprint density at radius 1 is 1.25 bits per heavy atom. The number of hydrogen-bond donors (Lipinski definition) is 1. The van der Waals surface area contributed by atoms with Crippen LogP contribution in [0.2, 0.25) is 0 Å². The highest BCUT2D eigenvalue weighted by molar-refractivity contribution is 6.01. The van der Waals surface area contributed by atoms with Crippen LogP contribution in [-0.2, 0) is 9.59 Å². The van der Waals surface area contributed by atoms with Crippen molar-refractivity contribution < 1.29 is 9.59 Å². The van der Waals surface area contributed by atoms with Gasteiger partial charge in [-0.25, -0.2) is 0 Å². The third-order valence-electron chi connectivity index (χ3n) is 5.03. The molecule has 6 heteroatoms. The van der Waals surface area contributed by atoms with Crippen molar-refractivity contribution in [2.24, 2.45) is 5.92 Å². The summed E-state index contributed by atoms with van der Waals surface area (Å²) in [6, 6.07) is 9.73. The minimum absolute atomic E-state index is 0. The normalized spacial score (nSPS) is 26.8. The second-order valence-corrected chi connectivity index (χ2v) is 6.66. The van der Waals surface area contributed by atoms with Gasteiger partial charge in [-0.15, -0.1) is 12.4 Å². The molecule has 2 heterocycles. The van der Waals surface area contributed by atoms with E-state index in [1.807, 2.05) is 30.3 Å². The number of hydrogen-bond acceptors (Lipinski definition) is 3. The Balaban J connectivity index is 0.00000208. The maximum atomic E-state index is 12.7. The van der Waals surface area contributed by atoms with Gasteiger partial charge in [-0.3, -0.25) is 9.59 Å². The van der Waals surface area contributed by atoms with Gasteiger partial charge in [0.05, 0.1) is 0 Å². The van der Waals surface area contributed by atoms with Crippen LogP contribution in [0.3, 0.4) is 0 Å². The van der Waals surface area contributed by atoms with Crippen molar-refractivity contribution in [3.8, 4) is 0 Å². The lowest BCUT2D eigenvalue weighted by Crippen LogP contribution is -2.48. The number of halogens is 1. The monoisotopic (exact) mass is 351 g/mol. The van der Waals surface area contributed by atoms with E-state index in [2.05, 4.69) is 12.2 Å². The second-order valence-electron chi connectivity index (χ2n) is 6.66. The van der Waals surface area contributed by atoms with Crippen LogP contribution >= 0.6 is 12.4 Å². The van der Waals surface area contributed by atoms with Crippen molar-refractivity contribution >= 4 is 29.9 Å². The highest BCUT2D eigenvalue weighted by atomic mass is 35.5. The lowest BCUT2D eigenvalue weighted by Gasteiger charge is -2.32. The first-order chi connectivity index (χ1) is 11.1. The molecule has 24 heavy (non-hydrogen) atoms. The summed E-state index contributed by atoms with van der Waals surface area (Å²) in [4.78, 5) is 28.9. The van der Waals surface area contributed by atoms with Crippen LogP contribution in [0.5, 0.6) is 0 Å². The smallest absolute Gasteiger partial charge is 0.249 e. The third kappa shape index (κ3) is 3.73. The summed E-state index contributed by atoms with van der Waals surface area (Å²) >= 11 is 0. The van der Waals surface area contributed by atoms with Crippen molar-refractivity contribution in [1.82, 2.24) is 10.2 Å². The molecule has 1 aromatic carbocycles. The van der Waals surface area contributed by atoms with Crippen LogP contribution in [0.15, 0.2) is 30.3 Å². The number of amides is 2. The number of rotatable bonds is 3. The van der Waals surface area contributed by atoms with Crippen molar-refractivity contribution in [2.75, 3.05) is 25.0 Å². The molecule has 2 amide bonds. The summed E-state index contributed by atoms with van der Waals surface area (Å²) in [5.41, 5.74) is 0.913. The fourth-order valence-corrected chi connectivity index (χ4v) is 3.69. The van der Waals surface area contributed by atoms with E-state index in [9.17, 15) is 9.59 Å². The lowest BCUT2D eigenvalue weighted by molar-refractivity contribution is -0.141. The molecule has 0 radical (unpaired) electrons. The average molecular weight is 352 g/mol. The third-order valence-corrected chi connectivity index (χ3v) is 5.03. The van der Waals surface area contributed by atoms with E-state index in [0.29, 0.717) is 19.0 Å². The highest BCUT2D eigenvalue weighted by Gasteiger charge is 2.39. The topological polar surface area (TPSA) is 52.7 Å². The maximum absolute atomic E-state index is 12.7. The summed E-state index contributed by atoms with van der Waals surface area (Å²) in [5, 5.41) is 3.37. The fourth-order valence-electron chi connectivity index (χ4n) is 3.69. The fraction of sp³-hybridized carbons (Fsp3) is 0.556. The molecule has 1 aromatic rings. The van der Waals surface area contributed by atoms with Crippen LogP contribution in [0.4, 0.5) is 5.69 Å². The summed E-state index contributed by atoms with van der Waals surface area (Å²) in [5.74, 6) is 0.190. The van der Waals surface area contributed by atoms with Crippen molar-refractivity contribution in [1.29, 1.82) is 0 Å². The van der Waals surface area contributed by atoms with Crippen molar-refractivity contribution in [2.45, 2.75) is 38.3 Å². The predicted molar refractivity (Wildman–Crippen MR) is 97.4 cm³/mol. The minimum atomic E-state index is -0.326. The molecule has 0 bridgehead atoms. The van der Waals surface area contributed by atoms with Crippen LogP contribution in [0, 0.1) is 5.92 Å². The van der Waals surface area contributed by atoms with E-state index in [1.54, 1.807) is 16.8 Å². The van der Waals surface area contributed by atoms with Gasteiger partial charge in [-0.1, -0.05) is 18.2 Å². The molecule has 5 nitrogen and oxygen atoms in total. The number of nitrogens with one attached hydrogen (secondary N) is 1. The maximum Gasteiger partial charge on any atom is 0.249 e. The first-order valence-electron chi connectivity index (χ1n) is 8.44. The quantitative estimate of drug-likeness (QED) is 0.907. The summed E-state index contributed by atoms with van der Waals surface area (Å²) in [7, 11) is 1.78. The number of anilines is 1. The number of para-hydroxylation sites is 1. The Labute approximate surface area is 149 Å². The van der Waals surface area contributed by atoms with Gasteiger partial charge in [-0.2, -0.15) is 0 Å². The Morgan fingerprint density at radius 2 is 1.96 bits per heavy atom. The van der Waals surface area contributed by atoms with Crippen LogP contribution < -0.4 is 10.2 Å². The number of carbonyl (C=O) groups is 2. The molecule has 3 atom stereocenters. The molecule has 3 rings (SSSR count). The molecule has 132 valence electrons. The summed E-state index contributed by atoms with van der Waals surface area (Å²) in [6.45, 7) is 3.66. The standard InChI is InChI=1S/C18H25N3O2.ClH/c1-13-12-14(8-10-19-13)17(22)20(2)16-9-11-21(18(16)23)15-6-4-3-5-7-15;/h3-7,13-14,16,19H,8-12H2,1-2H3;1H/t13-,14-,16?;/m0./s1. The molecule has 0 aliphatic carbocycles. The van der Waals surface area contributed by atoms with Gasteiger partial charge in [0.15, 0.2) is 0 Å². The van der Waals surface area contributed by atoms with Gasteiger partial charge in [-0.05, 0) is 44.9 Å². The molecule has 1 N–H and O–H groups in total. The number of nitrogens with zero attached hydrogens (tertiary/aromatic N) is 2. The molecule has 0 saturated carbocycles. The van der Waals surface area contributed by atoms with E-state index >= 15 is 0 Å². The Kier molecular flexibility index (Phi) is 6.24. The van der Waals surface area contributed by atoms with Gasteiger partial charge < -0.3 is 15.1 Å². The molecule has 2 saturated heterocycles.